The van der Waals surface area contributed by atoms with E-state index in [9.17, 15) is 4.79 Å². The highest BCUT2D eigenvalue weighted by molar-refractivity contribution is 6.68. The molecule has 5 rings (SSSR count). The molecule has 0 bridgehead atoms. The van der Waals surface area contributed by atoms with E-state index in [0.29, 0.717) is 18.1 Å². The van der Waals surface area contributed by atoms with Crippen molar-refractivity contribution in [3.63, 3.8) is 0 Å². The molecule has 35 heavy (non-hydrogen) atoms. The number of nitrogens with zero attached hydrogens (tertiary/aromatic N) is 6. The van der Waals surface area contributed by atoms with Gasteiger partial charge >= 0.3 is 6.92 Å². The third kappa shape index (κ3) is 4.56. The third-order valence-electron chi connectivity index (χ3n) is 7.19. The van der Waals surface area contributed by atoms with Gasteiger partial charge in [-0.15, -0.1) is 0 Å². The lowest BCUT2D eigenvalue weighted by Crippen LogP contribution is -2.36. The summed E-state index contributed by atoms with van der Waals surface area (Å²) in [6.07, 6.45) is 8.26. The average Bonchev–Trinajstić information content (AvgIpc) is 3.35. The molecule has 0 atom stereocenters. The lowest BCUT2D eigenvalue weighted by molar-refractivity contribution is 0.0375. The van der Waals surface area contributed by atoms with Gasteiger partial charge in [-0.2, -0.15) is 10.2 Å². The van der Waals surface area contributed by atoms with Crippen LogP contribution in [0.1, 0.15) is 33.3 Å². The molecule has 178 valence electrons. The van der Waals surface area contributed by atoms with Crippen LogP contribution in [0.4, 0.5) is 0 Å². The third-order valence-corrected chi connectivity index (χ3v) is 7.19. The highest BCUT2D eigenvalue weighted by Gasteiger charge is 2.50. The van der Waals surface area contributed by atoms with E-state index in [1.165, 1.54) is 10.7 Å². The highest BCUT2D eigenvalue weighted by Crippen LogP contribution is 2.44. The molecule has 0 radical (unpaired) electrons. The number of hydrogen-bond acceptors (Lipinski definition) is 6. The van der Waals surface area contributed by atoms with Crippen molar-refractivity contribution in [3.05, 3.63) is 77.1 Å². The van der Waals surface area contributed by atoms with Crippen LogP contribution in [0.15, 0.2) is 66.0 Å². The lowest BCUT2D eigenvalue weighted by Gasteiger charge is -2.34. The predicted octanol–water partition coefficient (Wildman–Crippen LogP) is 3.18. The molecular weight excluding hydrogens is 439 g/mol. The Kier molecular flexibility index (Phi) is 5.67. The number of benzene rings is 1. The fraction of sp³-hybridized carbons (Fsp3) is 0.346. The van der Waals surface area contributed by atoms with Crippen molar-refractivity contribution < 1.29 is 4.65 Å². The van der Waals surface area contributed by atoms with Gasteiger partial charge in [0.1, 0.15) is 0 Å². The average molecular weight is 468 g/mol. The standard InChI is InChI=1S/C26H29BN6O2/c1-25(2)17-27(35-26(25,3)4)21-13-28-24(29-14-21)19-8-6-7-18(11-19)15-33-23(34)10-9-22(31-33)20-12-30-32(5)16-20/h6-14,16H,15,17H2,1-5H3. The van der Waals surface area contributed by atoms with Crippen LogP contribution in [0.25, 0.3) is 22.6 Å². The Hall–Kier alpha value is -3.59. The zero-order valence-electron chi connectivity index (χ0n) is 20.8. The Bertz CT molecular complexity index is 1410. The summed E-state index contributed by atoms with van der Waals surface area (Å²) in [7, 11) is 1.85. The molecule has 0 amide bonds. The van der Waals surface area contributed by atoms with Crippen molar-refractivity contribution in [2.24, 2.45) is 12.5 Å². The molecule has 0 spiro atoms. The summed E-state index contributed by atoms with van der Waals surface area (Å²) in [6.45, 7) is 9.09. The quantitative estimate of drug-likeness (QED) is 0.418. The molecule has 1 saturated heterocycles. The van der Waals surface area contributed by atoms with Crippen molar-refractivity contribution in [2.45, 2.75) is 46.2 Å². The zero-order chi connectivity index (χ0) is 24.8. The Labute approximate surface area is 205 Å². The van der Waals surface area contributed by atoms with Crippen molar-refractivity contribution in [2.75, 3.05) is 0 Å². The van der Waals surface area contributed by atoms with Gasteiger partial charge in [-0.1, -0.05) is 32.0 Å². The topological polar surface area (TPSA) is 87.7 Å². The Morgan fingerprint density at radius 2 is 1.80 bits per heavy atom. The van der Waals surface area contributed by atoms with Gasteiger partial charge in [0.25, 0.3) is 5.56 Å². The van der Waals surface area contributed by atoms with Crippen molar-refractivity contribution in [1.82, 2.24) is 29.5 Å². The van der Waals surface area contributed by atoms with E-state index >= 15 is 0 Å². The molecule has 9 heteroatoms. The van der Waals surface area contributed by atoms with Crippen LogP contribution >= 0.6 is 0 Å². The van der Waals surface area contributed by atoms with E-state index in [2.05, 4.69) is 47.9 Å². The van der Waals surface area contributed by atoms with Gasteiger partial charge in [0.15, 0.2) is 5.82 Å². The van der Waals surface area contributed by atoms with E-state index in [1.807, 2.05) is 49.9 Å². The van der Waals surface area contributed by atoms with Crippen LogP contribution in [0.5, 0.6) is 0 Å². The summed E-state index contributed by atoms with van der Waals surface area (Å²) in [5.41, 5.74) is 4.09. The van der Waals surface area contributed by atoms with Crippen LogP contribution in [0, 0.1) is 5.41 Å². The second-order valence-electron chi connectivity index (χ2n) is 10.4. The van der Waals surface area contributed by atoms with Crippen LogP contribution in [0.2, 0.25) is 6.32 Å². The Morgan fingerprint density at radius 3 is 2.46 bits per heavy atom. The van der Waals surface area contributed by atoms with Gasteiger partial charge in [-0.05, 0) is 48.7 Å². The van der Waals surface area contributed by atoms with Crippen molar-refractivity contribution >= 4 is 12.4 Å². The molecule has 0 aliphatic carbocycles. The van der Waals surface area contributed by atoms with Crippen LogP contribution in [-0.4, -0.2) is 42.0 Å². The first-order valence-electron chi connectivity index (χ1n) is 11.8. The molecule has 0 N–H and O–H groups in total. The minimum Gasteiger partial charge on any atom is -0.425 e. The SMILES string of the molecule is Cn1cc(-c2ccc(=O)n(Cc3cccc(-c4ncc(B5CC(C)(C)C(C)(C)O5)cn4)c3)n2)cn1. The first kappa shape index (κ1) is 23.2. The zero-order valence-corrected chi connectivity index (χ0v) is 20.8. The van der Waals surface area contributed by atoms with Gasteiger partial charge in [-0.25, -0.2) is 14.6 Å². The number of aromatic nitrogens is 6. The van der Waals surface area contributed by atoms with Crippen LogP contribution < -0.4 is 11.0 Å². The normalized spacial score (nSPS) is 16.5. The molecular formula is C26H29BN6O2. The minimum absolute atomic E-state index is 0.00887. The summed E-state index contributed by atoms with van der Waals surface area (Å²) in [5, 5.41) is 8.73. The van der Waals surface area contributed by atoms with Gasteiger partial charge < -0.3 is 4.65 Å². The summed E-state index contributed by atoms with van der Waals surface area (Å²) in [4.78, 5) is 21.7. The fourth-order valence-corrected chi connectivity index (χ4v) is 4.36. The molecule has 4 aromatic rings. The van der Waals surface area contributed by atoms with E-state index in [-0.39, 0.29) is 23.5 Å². The van der Waals surface area contributed by atoms with Crippen LogP contribution in [0.3, 0.4) is 0 Å². The molecule has 1 aromatic carbocycles. The summed E-state index contributed by atoms with van der Waals surface area (Å²) < 4.78 is 9.49. The summed E-state index contributed by atoms with van der Waals surface area (Å²) >= 11 is 0. The molecule has 1 aliphatic rings. The smallest absolute Gasteiger partial charge is 0.331 e. The van der Waals surface area contributed by atoms with Gasteiger partial charge in [-0.3, -0.25) is 9.48 Å². The first-order valence-corrected chi connectivity index (χ1v) is 11.8. The monoisotopic (exact) mass is 468 g/mol. The van der Waals surface area contributed by atoms with Gasteiger partial charge in [0.2, 0.25) is 0 Å². The predicted molar refractivity (Wildman–Crippen MR) is 136 cm³/mol. The van der Waals surface area contributed by atoms with Gasteiger partial charge in [0.05, 0.1) is 24.0 Å². The second kappa shape index (κ2) is 8.57. The fourth-order valence-electron chi connectivity index (χ4n) is 4.36. The minimum atomic E-state index is -0.203. The maximum Gasteiger partial charge on any atom is 0.331 e. The summed E-state index contributed by atoms with van der Waals surface area (Å²) in [6, 6.07) is 11.1. The van der Waals surface area contributed by atoms with E-state index in [4.69, 9.17) is 4.65 Å². The molecule has 4 heterocycles. The first-order chi connectivity index (χ1) is 16.6. The number of hydrogen-bond donors (Lipinski definition) is 0. The Morgan fingerprint density at radius 1 is 1.03 bits per heavy atom. The molecule has 1 aliphatic heterocycles. The van der Waals surface area contributed by atoms with Crippen molar-refractivity contribution in [3.8, 4) is 22.6 Å². The molecule has 8 nitrogen and oxygen atoms in total. The second-order valence-corrected chi connectivity index (χ2v) is 10.4. The molecule has 0 saturated carbocycles. The summed E-state index contributed by atoms with van der Waals surface area (Å²) in [5.74, 6) is 0.636. The maximum atomic E-state index is 12.5. The van der Waals surface area contributed by atoms with E-state index in [0.717, 1.165) is 28.5 Å². The van der Waals surface area contributed by atoms with Gasteiger partial charge in [0, 0.05) is 42.8 Å². The molecule has 3 aromatic heterocycles. The lowest BCUT2D eigenvalue weighted by atomic mass is 9.55. The maximum absolute atomic E-state index is 12.5. The highest BCUT2D eigenvalue weighted by atomic mass is 16.5. The van der Waals surface area contributed by atoms with E-state index < -0.39 is 0 Å². The van der Waals surface area contributed by atoms with Crippen molar-refractivity contribution in [1.29, 1.82) is 0 Å². The van der Waals surface area contributed by atoms with E-state index in [1.54, 1.807) is 16.9 Å². The number of aryl methyl sites for hydroxylation is 1. The largest absolute Gasteiger partial charge is 0.425 e. The molecule has 1 fully saturated rings. The number of rotatable bonds is 5. The Balaban J connectivity index is 1.36. The molecule has 0 unspecified atom stereocenters. The van der Waals surface area contributed by atoms with Crippen LogP contribution in [-0.2, 0) is 18.2 Å².